The predicted molar refractivity (Wildman–Crippen MR) is 202 cm³/mol. The van der Waals surface area contributed by atoms with Crippen molar-refractivity contribution in [2.24, 2.45) is 0 Å². The molecule has 0 N–H and O–H groups in total. The van der Waals surface area contributed by atoms with E-state index < -0.39 is 0 Å². The highest BCUT2D eigenvalue weighted by atomic mass is 16.3. The summed E-state index contributed by atoms with van der Waals surface area (Å²) < 4.78 is 6.27. The Morgan fingerprint density at radius 3 is 1.90 bits per heavy atom. The van der Waals surface area contributed by atoms with Crippen LogP contribution in [-0.2, 0) is 0 Å². The van der Waals surface area contributed by atoms with Gasteiger partial charge >= 0.3 is 0 Å². The average molecular weight is 643 g/mol. The topological polar surface area (TPSA) is 55.1 Å². The van der Waals surface area contributed by atoms with Gasteiger partial charge in [-0.25, -0.2) is 4.98 Å². The van der Waals surface area contributed by atoms with Gasteiger partial charge in [-0.3, -0.25) is 0 Å². The third-order valence-corrected chi connectivity index (χ3v) is 9.87. The summed E-state index contributed by atoms with van der Waals surface area (Å²) in [7, 11) is 0. The lowest BCUT2D eigenvalue weighted by Gasteiger charge is -2.28. The van der Waals surface area contributed by atoms with E-state index in [0.717, 1.165) is 49.9 Å². The molecule has 0 spiro atoms. The Bertz CT molecular complexity index is 2550. The van der Waals surface area contributed by atoms with E-state index in [1.54, 1.807) is 0 Å². The van der Waals surface area contributed by atoms with Crippen LogP contribution >= 0.6 is 0 Å². The van der Waals surface area contributed by atoms with Gasteiger partial charge in [0.1, 0.15) is 11.2 Å². The molecule has 2 atom stereocenters. The molecule has 1 aliphatic carbocycles. The van der Waals surface area contributed by atoms with Gasteiger partial charge in [0.25, 0.3) is 0 Å². The number of para-hydroxylation sites is 1. The first-order valence-corrected chi connectivity index (χ1v) is 16.9. The predicted octanol–water partition coefficient (Wildman–Crippen LogP) is 11.0. The van der Waals surface area contributed by atoms with Crippen molar-refractivity contribution in [1.82, 2.24) is 15.0 Å². The van der Waals surface area contributed by atoms with Crippen LogP contribution in [0.15, 0.2) is 174 Å². The van der Waals surface area contributed by atoms with Crippen LogP contribution in [0.3, 0.4) is 0 Å². The van der Waals surface area contributed by atoms with Crippen LogP contribution < -0.4 is 4.90 Å². The zero-order valence-electron chi connectivity index (χ0n) is 27.0. The maximum Gasteiger partial charge on any atom is 0.234 e. The number of hydrogen-bond donors (Lipinski definition) is 0. The lowest BCUT2D eigenvalue weighted by Crippen LogP contribution is -2.31. The van der Waals surface area contributed by atoms with Crippen LogP contribution in [0.1, 0.15) is 17.0 Å². The van der Waals surface area contributed by atoms with Gasteiger partial charge in [-0.1, -0.05) is 146 Å². The Morgan fingerprint density at radius 1 is 0.540 bits per heavy atom. The molecule has 10 rings (SSSR count). The zero-order valence-corrected chi connectivity index (χ0v) is 27.0. The minimum atomic E-state index is -0.0411. The van der Waals surface area contributed by atoms with E-state index >= 15 is 0 Å². The fourth-order valence-corrected chi connectivity index (χ4v) is 7.54. The zero-order chi connectivity index (χ0) is 33.0. The van der Waals surface area contributed by atoms with Crippen LogP contribution in [0.5, 0.6) is 0 Å². The molecule has 2 aromatic heterocycles. The molecule has 5 heteroatoms. The van der Waals surface area contributed by atoms with E-state index in [9.17, 15) is 0 Å². The SMILES string of the molecule is C1=CC2c3cc(-c4cccc5oc6ccccc6c45)ccc3N(c3nc(-c4ccccc4)nc(-c4ccccc4)n3)C2C=C1c1ccccc1. The monoisotopic (exact) mass is 642 g/mol. The number of fused-ring (bicyclic) bond motifs is 6. The molecule has 3 heterocycles. The second-order valence-corrected chi connectivity index (χ2v) is 12.8. The van der Waals surface area contributed by atoms with E-state index in [4.69, 9.17) is 19.4 Å². The van der Waals surface area contributed by atoms with E-state index in [0.29, 0.717) is 17.6 Å². The summed E-state index contributed by atoms with van der Waals surface area (Å²) in [4.78, 5) is 17.7. The van der Waals surface area contributed by atoms with Crippen LogP contribution in [0.4, 0.5) is 11.6 Å². The molecule has 0 amide bonds. The lowest BCUT2D eigenvalue weighted by molar-refractivity contribution is 0.669. The molecule has 6 aromatic carbocycles. The Kier molecular flexibility index (Phi) is 6.56. The van der Waals surface area contributed by atoms with Crippen LogP contribution in [0.25, 0.3) is 61.4 Å². The van der Waals surface area contributed by atoms with Crippen LogP contribution in [0, 0.1) is 0 Å². The fraction of sp³-hybridized carbons (Fsp3) is 0.0444. The Balaban J connectivity index is 1.18. The Hall–Kier alpha value is -6.59. The molecule has 8 aromatic rings. The van der Waals surface area contributed by atoms with E-state index in [1.807, 2.05) is 48.5 Å². The van der Waals surface area contributed by atoms with Gasteiger partial charge in [0, 0.05) is 33.5 Å². The third kappa shape index (κ3) is 4.66. The maximum absolute atomic E-state index is 6.27. The van der Waals surface area contributed by atoms with Gasteiger partial charge in [-0.2, -0.15) is 9.97 Å². The summed E-state index contributed by atoms with van der Waals surface area (Å²) in [6, 6.07) is 52.3. The standard InChI is InChI=1S/C45H30N4O/c1-4-13-29(14-5-1)32-23-25-35-37-27-33(34-20-12-22-41-42(34)36-19-10-11-21-40(36)50-41)24-26-38(37)49(39(35)28-32)45-47-43(30-15-6-2-7-16-30)46-44(48-45)31-17-8-3-9-18-31/h1-28,35,39H. The van der Waals surface area contributed by atoms with Gasteiger partial charge < -0.3 is 9.32 Å². The smallest absolute Gasteiger partial charge is 0.234 e. The van der Waals surface area contributed by atoms with E-state index in [-0.39, 0.29) is 12.0 Å². The number of anilines is 2. The maximum atomic E-state index is 6.27. The molecule has 0 saturated carbocycles. The summed E-state index contributed by atoms with van der Waals surface area (Å²) in [6.07, 6.45) is 6.98. The first-order valence-electron chi connectivity index (χ1n) is 16.9. The average Bonchev–Trinajstić information content (AvgIpc) is 3.74. The normalized spacial score (nSPS) is 16.4. The third-order valence-electron chi connectivity index (χ3n) is 9.87. The minimum absolute atomic E-state index is 0.0411. The first kappa shape index (κ1) is 28.4. The molecule has 236 valence electrons. The van der Waals surface area contributed by atoms with Crippen molar-refractivity contribution < 1.29 is 4.42 Å². The molecule has 0 radical (unpaired) electrons. The molecule has 2 aliphatic rings. The highest BCUT2D eigenvalue weighted by Crippen LogP contribution is 2.50. The first-order chi connectivity index (χ1) is 24.8. The molecule has 0 bridgehead atoms. The molecule has 2 unspecified atom stereocenters. The van der Waals surface area contributed by atoms with Crippen molar-refractivity contribution in [2.75, 3.05) is 4.90 Å². The molecular formula is C45H30N4O. The van der Waals surface area contributed by atoms with Crippen LogP contribution in [0.2, 0.25) is 0 Å². The number of nitrogens with zero attached hydrogens (tertiary/aromatic N) is 4. The summed E-state index contributed by atoms with van der Waals surface area (Å²) in [5.74, 6) is 2.01. The summed E-state index contributed by atoms with van der Waals surface area (Å²) in [6.45, 7) is 0. The summed E-state index contributed by atoms with van der Waals surface area (Å²) in [5.41, 5.74) is 10.7. The Morgan fingerprint density at radius 2 is 1.18 bits per heavy atom. The van der Waals surface area contributed by atoms with E-state index in [1.165, 1.54) is 16.7 Å². The number of benzene rings is 6. The molecule has 0 saturated heterocycles. The molecule has 1 aliphatic heterocycles. The molecule has 50 heavy (non-hydrogen) atoms. The highest BCUT2D eigenvalue weighted by molar-refractivity contribution is 6.12. The van der Waals surface area contributed by atoms with Crippen molar-refractivity contribution >= 4 is 39.1 Å². The largest absolute Gasteiger partial charge is 0.456 e. The summed E-state index contributed by atoms with van der Waals surface area (Å²) >= 11 is 0. The number of aromatic nitrogens is 3. The number of allylic oxidation sites excluding steroid dienone is 2. The fourth-order valence-electron chi connectivity index (χ4n) is 7.54. The van der Waals surface area contributed by atoms with Gasteiger partial charge in [-0.05, 0) is 52.1 Å². The van der Waals surface area contributed by atoms with Gasteiger partial charge in [-0.15, -0.1) is 0 Å². The second-order valence-electron chi connectivity index (χ2n) is 12.8. The summed E-state index contributed by atoms with van der Waals surface area (Å²) in [5, 5.41) is 2.26. The highest BCUT2D eigenvalue weighted by Gasteiger charge is 2.40. The van der Waals surface area contributed by atoms with Crippen molar-refractivity contribution in [3.05, 3.63) is 181 Å². The molecule has 5 nitrogen and oxygen atoms in total. The number of rotatable bonds is 5. The quantitative estimate of drug-likeness (QED) is 0.187. The molecule has 0 fully saturated rings. The Labute approximate surface area is 289 Å². The minimum Gasteiger partial charge on any atom is -0.456 e. The second kappa shape index (κ2) is 11.5. The van der Waals surface area contributed by atoms with E-state index in [2.05, 4.69) is 126 Å². The van der Waals surface area contributed by atoms with Gasteiger partial charge in [0.15, 0.2) is 11.6 Å². The van der Waals surface area contributed by atoms with Crippen molar-refractivity contribution in [3.8, 4) is 33.9 Å². The lowest BCUT2D eigenvalue weighted by atomic mass is 9.86. The van der Waals surface area contributed by atoms with Crippen molar-refractivity contribution in [3.63, 3.8) is 0 Å². The number of furan rings is 1. The van der Waals surface area contributed by atoms with Crippen molar-refractivity contribution in [2.45, 2.75) is 12.0 Å². The number of hydrogen-bond acceptors (Lipinski definition) is 5. The van der Waals surface area contributed by atoms with Gasteiger partial charge in [0.05, 0.1) is 6.04 Å². The molecular weight excluding hydrogens is 613 g/mol. The van der Waals surface area contributed by atoms with Crippen LogP contribution in [-0.4, -0.2) is 21.0 Å². The van der Waals surface area contributed by atoms with Gasteiger partial charge in [0.2, 0.25) is 5.95 Å². The van der Waals surface area contributed by atoms with Crippen molar-refractivity contribution in [1.29, 1.82) is 0 Å².